The molecule has 0 aliphatic rings. The monoisotopic (exact) mass is 413 g/mol. The summed E-state index contributed by atoms with van der Waals surface area (Å²) in [4.78, 5) is 33.4. The summed E-state index contributed by atoms with van der Waals surface area (Å²) in [5.74, 6) is -0.996. The van der Waals surface area contributed by atoms with Crippen molar-refractivity contribution < 1.29 is 14.3 Å². The smallest absolute Gasteiger partial charge is 0.341 e. The summed E-state index contributed by atoms with van der Waals surface area (Å²) < 4.78 is 6.18. The molecule has 0 bridgehead atoms. The van der Waals surface area contributed by atoms with Crippen molar-refractivity contribution in [2.75, 3.05) is 5.32 Å². The van der Waals surface area contributed by atoms with E-state index >= 15 is 0 Å². The maximum absolute atomic E-state index is 12.6. The fourth-order valence-corrected chi connectivity index (χ4v) is 2.83. The Hall–Kier alpha value is -2.80. The first kappa shape index (κ1) is 18.0. The number of carbonyl (C=O) groups excluding carboxylic acids is 2. The number of fused-ring (bicyclic) bond motifs is 1. The highest BCUT2D eigenvalue weighted by molar-refractivity contribution is 9.10. The molecular formula is C19H16BrN3O3. The van der Waals surface area contributed by atoms with E-state index in [0.717, 1.165) is 4.47 Å². The Bertz CT molecular complexity index is 956. The van der Waals surface area contributed by atoms with E-state index < -0.39 is 12.1 Å². The lowest BCUT2D eigenvalue weighted by atomic mass is 10.1. The van der Waals surface area contributed by atoms with Crippen molar-refractivity contribution >= 4 is 44.5 Å². The van der Waals surface area contributed by atoms with Gasteiger partial charge >= 0.3 is 5.97 Å². The van der Waals surface area contributed by atoms with Crippen LogP contribution >= 0.6 is 15.9 Å². The van der Waals surface area contributed by atoms with E-state index in [4.69, 9.17) is 4.74 Å². The fourth-order valence-electron chi connectivity index (χ4n) is 2.45. The Balaban J connectivity index is 1.78. The van der Waals surface area contributed by atoms with E-state index in [9.17, 15) is 9.59 Å². The number of ether oxygens (including phenoxy) is 1. The lowest BCUT2D eigenvalue weighted by Gasteiger charge is -2.17. The summed E-state index contributed by atoms with van der Waals surface area (Å²) in [5.41, 5.74) is 1.93. The highest BCUT2D eigenvalue weighted by Gasteiger charge is 2.24. The molecule has 1 aromatic heterocycles. The molecule has 0 aliphatic heterocycles. The average Bonchev–Trinajstić information content (AvgIpc) is 2.67. The summed E-state index contributed by atoms with van der Waals surface area (Å²) in [6.45, 7) is 1.78. The number of rotatable bonds is 5. The number of nitrogens with zero attached hydrogens (tertiary/aromatic N) is 2. The zero-order valence-electron chi connectivity index (χ0n) is 14.0. The molecule has 1 atom stereocenters. The van der Waals surface area contributed by atoms with Crippen LogP contribution in [0.3, 0.4) is 0 Å². The second-order valence-electron chi connectivity index (χ2n) is 5.50. The SMILES string of the molecule is CCC(OC(=O)c1cccc2nccnc12)C(=O)Nc1ccccc1Br. The molecule has 0 fully saturated rings. The minimum atomic E-state index is -0.915. The number of amides is 1. The van der Waals surface area contributed by atoms with Gasteiger partial charge in [0.15, 0.2) is 6.10 Å². The van der Waals surface area contributed by atoms with Gasteiger partial charge in [0, 0.05) is 16.9 Å². The molecule has 0 spiro atoms. The Morgan fingerprint density at radius 3 is 2.65 bits per heavy atom. The predicted octanol–water partition coefficient (Wildman–Crippen LogP) is 3.97. The van der Waals surface area contributed by atoms with E-state index in [-0.39, 0.29) is 11.5 Å². The molecule has 3 aromatic rings. The van der Waals surface area contributed by atoms with E-state index in [2.05, 4.69) is 31.2 Å². The fraction of sp³-hybridized carbons (Fsp3) is 0.158. The average molecular weight is 414 g/mol. The molecule has 6 nitrogen and oxygen atoms in total. The molecule has 0 radical (unpaired) electrons. The zero-order valence-corrected chi connectivity index (χ0v) is 15.6. The number of carbonyl (C=O) groups is 2. The Labute approximate surface area is 158 Å². The van der Waals surface area contributed by atoms with Gasteiger partial charge in [-0.05, 0) is 46.6 Å². The number of halogens is 1. The van der Waals surface area contributed by atoms with Gasteiger partial charge in [-0.15, -0.1) is 0 Å². The standard InChI is InChI=1S/C19H16BrN3O3/c1-2-16(18(24)23-14-8-4-3-7-13(14)20)26-19(25)12-6-5-9-15-17(12)22-11-10-21-15/h3-11,16H,2H2,1H3,(H,23,24). The highest BCUT2D eigenvalue weighted by Crippen LogP contribution is 2.22. The Morgan fingerprint density at radius 1 is 1.12 bits per heavy atom. The molecule has 7 heteroatoms. The molecule has 1 unspecified atom stereocenters. The maximum Gasteiger partial charge on any atom is 0.341 e. The summed E-state index contributed by atoms with van der Waals surface area (Å²) in [5, 5.41) is 2.76. The van der Waals surface area contributed by atoms with Crippen LogP contribution in [0, 0.1) is 0 Å². The van der Waals surface area contributed by atoms with Gasteiger partial charge < -0.3 is 10.1 Å². The quantitative estimate of drug-likeness (QED) is 0.639. The van der Waals surface area contributed by atoms with Gasteiger partial charge in [0.1, 0.15) is 5.52 Å². The first-order valence-electron chi connectivity index (χ1n) is 8.06. The molecule has 132 valence electrons. The van der Waals surface area contributed by atoms with Crippen molar-refractivity contribution in [1.82, 2.24) is 9.97 Å². The van der Waals surface area contributed by atoms with Gasteiger partial charge in [-0.3, -0.25) is 14.8 Å². The third-order valence-electron chi connectivity index (χ3n) is 3.76. The van der Waals surface area contributed by atoms with E-state index in [1.165, 1.54) is 6.20 Å². The lowest BCUT2D eigenvalue weighted by molar-refractivity contribution is -0.124. The van der Waals surface area contributed by atoms with Crippen LogP contribution in [-0.4, -0.2) is 27.9 Å². The van der Waals surface area contributed by atoms with Crippen molar-refractivity contribution in [2.45, 2.75) is 19.4 Å². The van der Waals surface area contributed by atoms with Gasteiger partial charge in [0.2, 0.25) is 0 Å². The van der Waals surface area contributed by atoms with Crippen LogP contribution in [-0.2, 0) is 9.53 Å². The van der Waals surface area contributed by atoms with E-state index in [1.807, 2.05) is 18.2 Å². The third-order valence-corrected chi connectivity index (χ3v) is 4.45. The number of benzene rings is 2. The van der Waals surface area contributed by atoms with Crippen LogP contribution < -0.4 is 5.32 Å². The van der Waals surface area contributed by atoms with E-state index in [0.29, 0.717) is 23.1 Å². The van der Waals surface area contributed by atoms with Crippen LogP contribution in [0.25, 0.3) is 11.0 Å². The number of hydrogen-bond donors (Lipinski definition) is 1. The number of nitrogens with one attached hydrogen (secondary N) is 1. The molecule has 2 aromatic carbocycles. The van der Waals surface area contributed by atoms with Crippen molar-refractivity contribution in [1.29, 1.82) is 0 Å². The largest absolute Gasteiger partial charge is 0.449 e. The number of hydrogen-bond acceptors (Lipinski definition) is 5. The third kappa shape index (κ3) is 3.88. The number of para-hydroxylation sites is 2. The van der Waals surface area contributed by atoms with E-state index in [1.54, 1.807) is 37.4 Å². The molecule has 1 N–H and O–H groups in total. The van der Waals surface area contributed by atoms with Crippen LogP contribution in [0.5, 0.6) is 0 Å². The van der Waals surface area contributed by atoms with Crippen molar-refractivity contribution in [2.24, 2.45) is 0 Å². The second kappa shape index (κ2) is 8.05. The Morgan fingerprint density at radius 2 is 1.88 bits per heavy atom. The summed E-state index contributed by atoms with van der Waals surface area (Å²) in [6, 6.07) is 12.3. The molecule has 0 aliphatic carbocycles. The number of aromatic nitrogens is 2. The van der Waals surface area contributed by atoms with Gasteiger partial charge in [0.25, 0.3) is 5.91 Å². The van der Waals surface area contributed by atoms with Crippen LogP contribution in [0.1, 0.15) is 23.7 Å². The van der Waals surface area contributed by atoms with Gasteiger partial charge in [0.05, 0.1) is 16.8 Å². The second-order valence-corrected chi connectivity index (χ2v) is 6.36. The maximum atomic E-state index is 12.6. The lowest BCUT2D eigenvalue weighted by Crippen LogP contribution is -2.32. The van der Waals surface area contributed by atoms with Crippen LogP contribution in [0.4, 0.5) is 5.69 Å². The Kier molecular flexibility index (Phi) is 5.58. The van der Waals surface area contributed by atoms with Crippen molar-refractivity contribution in [3.63, 3.8) is 0 Å². The van der Waals surface area contributed by atoms with Crippen LogP contribution in [0.2, 0.25) is 0 Å². The zero-order chi connectivity index (χ0) is 18.5. The van der Waals surface area contributed by atoms with Gasteiger partial charge in [-0.25, -0.2) is 4.79 Å². The first-order chi connectivity index (χ1) is 12.6. The van der Waals surface area contributed by atoms with Crippen molar-refractivity contribution in [3.05, 3.63) is 64.9 Å². The topological polar surface area (TPSA) is 81.2 Å². The molecule has 26 heavy (non-hydrogen) atoms. The molecule has 3 rings (SSSR count). The molecule has 1 heterocycles. The normalized spacial score (nSPS) is 11.8. The first-order valence-corrected chi connectivity index (χ1v) is 8.85. The summed E-state index contributed by atoms with van der Waals surface area (Å²) >= 11 is 3.37. The minimum absolute atomic E-state index is 0.280. The van der Waals surface area contributed by atoms with Crippen molar-refractivity contribution in [3.8, 4) is 0 Å². The molecule has 0 saturated carbocycles. The van der Waals surface area contributed by atoms with Crippen LogP contribution in [0.15, 0.2) is 59.3 Å². The van der Waals surface area contributed by atoms with Gasteiger partial charge in [-0.2, -0.15) is 0 Å². The molecule has 0 saturated heterocycles. The minimum Gasteiger partial charge on any atom is -0.449 e. The number of esters is 1. The molecular weight excluding hydrogens is 398 g/mol. The summed E-state index contributed by atoms with van der Waals surface area (Å²) in [7, 11) is 0. The predicted molar refractivity (Wildman–Crippen MR) is 102 cm³/mol. The highest BCUT2D eigenvalue weighted by atomic mass is 79.9. The van der Waals surface area contributed by atoms with Gasteiger partial charge in [-0.1, -0.05) is 25.1 Å². The molecule has 1 amide bonds. The number of anilines is 1. The summed E-state index contributed by atoms with van der Waals surface area (Å²) in [6.07, 6.45) is 2.49.